The van der Waals surface area contributed by atoms with Gasteiger partial charge in [-0.1, -0.05) is 127 Å². The quantitative estimate of drug-likeness (QED) is 0.0479. The fourth-order valence-corrected chi connectivity index (χ4v) is 25.8. The Labute approximate surface area is 775 Å². The molecule has 10 unspecified atom stereocenters. The van der Waals surface area contributed by atoms with E-state index in [1.54, 1.807) is 72.7 Å². The van der Waals surface area contributed by atoms with Crippen molar-refractivity contribution >= 4 is 11.8 Å². The fourth-order valence-electron chi connectivity index (χ4n) is 25.1. The molecular formula is C110H200O14S. The third-order valence-corrected chi connectivity index (χ3v) is 30.4. The molecule has 730 valence electrons. The topological polar surface area (TPSA) is 129 Å². The summed E-state index contributed by atoms with van der Waals surface area (Å²) in [6, 6.07) is 20.1. The molecule has 17 aliphatic rings. The number of thioether (sulfide) groups is 1. The van der Waals surface area contributed by atoms with Gasteiger partial charge in [0.15, 0.2) is 0 Å². The molecule has 0 spiro atoms. The minimum absolute atomic E-state index is 0.351. The molecular weight excluding hydrogens is 1580 g/mol. The highest BCUT2D eigenvalue weighted by Gasteiger charge is 2.62. The molecule has 19 rings (SSSR count). The van der Waals surface area contributed by atoms with E-state index in [1.165, 1.54) is 196 Å². The molecule has 0 amide bonds. The number of para-hydroxylation sites is 1. The Morgan fingerprint density at radius 1 is 0.392 bits per heavy atom. The summed E-state index contributed by atoms with van der Waals surface area (Å²) in [5.74, 6) is 22.4. The number of hydrogen-bond acceptors (Lipinski definition) is 15. The zero-order chi connectivity index (χ0) is 90.2. The number of benzene rings is 2. The van der Waals surface area contributed by atoms with E-state index >= 15 is 0 Å². The molecule has 14 nitrogen and oxygen atoms in total. The molecule has 2 aromatic rings. The molecule has 16 aliphatic carbocycles. The van der Waals surface area contributed by atoms with Crippen molar-refractivity contribution in [3.8, 4) is 5.75 Å². The normalized spacial score (nSPS) is 30.0. The van der Waals surface area contributed by atoms with Gasteiger partial charge >= 0.3 is 0 Å². The zero-order valence-corrected chi connectivity index (χ0v) is 85.1. The van der Waals surface area contributed by atoms with Gasteiger partial charge in [0.25, 0.3) is 0 Å². The van der Waals surface area contributed by atoms with Crippen LogP contribution in [0.25, 0.3) is 0 Å². The first-order chi connectivity index (χ1) is 61.1. The molecule has 1 heterocycles. The predicted octanol–water partition coefficient (Wildman–Crippen LogP) is 27.3. The van der Waals surface area contributed by atoms with Crippen LogP contribution < -0.4 is 4.74 Å². The van der Waals surface area contributed by atoms with Gasteiger partial charge in [0.05, 0.1) is 44.7 Å². The van der Waals surface area contributed by atoms with Gasteiger partial charge in [-0.15, -0.1) is 0 Å². The molecule has 10 atom stereocenters. The maximum Gasteiger partial charge on any atom is 0.119 e. The van der Waals surface area contributed by atoms with Crippen molar-refractivity contribution in [3.63, 3.8) is 0 Å². The Bertz CT molecular complexity index is 2620. The Morgan fingerprint density at radius 2 is 0.872 bits per heavy atom. The number of methoxy groups -OCH3 is 2. The summed E-state index contributed by atoms with van der Waals surface area (Å²) in [5, 5.41) is 0. The Balaban J connectivity index is 0.000000245. The molecule has 16 saturated carbocycles. The first kappa shape index (κ1) is 114. The molecule has 2 aromatic carbocycles. The lowest BCUT2D eigenvalue weighted by Gasteiger charge is -2.56. The van der Waals surface area contributed by atoms with Crippen molar-refractivity contribution in [2.45, 2.75) is 340 Å². The second-order valence-electron chi connectivity index (χ2n) is 39.6. The van der Waals surface area contributed by atoms with E-state index in [9.17, 15) is 0 Å². The van der Waals surface area contributed by atoms with Crippen LogP contribution in [-0.2, 0) is 68.0 Å². The summed E-state index contributed by atoms with van der Waals surface area (Å²) in [7, 11) is 4.93. The second-order valence-corrected chi connectivity index (χ2v) is 40.8. The monoisotopic (exact) mass is 1780 g/mol. The van der Waals surface area contributed by atoms with Gasteiger partial charge in [-0.05, 0) is 379 Å². The van der Waals surface area contributed by atoms with Crippen LogP contribution in [0.5, 0.6) is 5.75 Å². The molecule has 1 saturated heterocycles. The first-order valence-corrected chi connectivity index (χ1v) is 53.9. The predicted molar refractivity (Wildman–Crippen MR) is 526 cm³/mol. The number of fused-ring (bicyclic) bond motifs is 11. The average Bonchev–Trinajstić information content (AvgIpc) is 1.56. The van der Waals surface area contributed by atoms with Gasteiger partial charge in [-0.25, -0.2) is 0 Å². The van der Waals surface area contributed by atoms with Gasteiger partial charge in [0.1, 0.15) is 12.4 Å². The molecule has 0 N–H and O–H groups in total. The first-order valence-electron chi connectivity index (χ1n) is 52.7. The van der Waals surface area contributed by atoms with Gasteiger partial charge in [-0.2, -0.15) is 11.8 Å². The number of rotatable bonds is 35. The molecule has 125 heavy (non-hydrogen) atoms. The standard InChI is InChI=1S/C16H26O.C13H22O.C12H20O.C11H20O.C10H14O2.C10H20O.C10H14O.C8H16O.C6H14O.C5H12O.C4H8OS.C3H8O.C2H6O/c1-2-17-6-5-10-7-13-9-14(10)16-12-4-3-11(8-12)15(13)16;1-2-14-9-13-6-10-3-11(7-13)5-12(4-10)8-13;1-2-13-12-6-9-3-10(7-12)5-11(4-9)8-12;1-2-12-6-5-11-8-9-3-4-10(11)7-9;1-2-11-8-9-12-10-6-4-3-5-7-10;2*1-2-11-9-8-10-6-4-3-5-7-10;1-2-9-8-6-4-3-5-7-8;1-4-7-5-6(2)3;1-3-5-6-4-2;1-3-6-4-2-5-1;1-3-4-2;1-3-2/h10-16H,2-9H2,1H3;10-12H,2-9H2,1H3;9-11H,2-8H2,1H3;9-11H,2-8H2,1H3;3-7H,2,8-9H2,1H3;10H,2-9H2,1H3;3-7H,2,8-9H2,1H3;8H,2-7H2,1H3;6H,4-5H2,1-3H3;3-5H2,1-2H3;1-4H2;3H2,1-2H3;1-2H3. The van der Waals surface area contributed by atoms with Crippen LogP contribution in [0.2, 0.25) is 0 Å². The van der Waals surface area contributed by atoms with E-state index in [1.807, 2.05) is 82.8 Å². The minimum atomic E-state index is 0.351. The molecule has 0 aromatic heterocycles. The lowest BCUT2D eigenvalue weighted by Crippen LogP contribution is -2.51. The lowest BCUT2D eigenvalue weighted by molar-refractivity contribution is -0.159. The number of ether oxygens (including phenoxy) is 14. The molecule has 15 heteroatoms. The SMILES string of the molecule is C1CSCCO1.CCCOCC.CCOC.CCOC12CC3CC(CC(C3)C1)C2.CCOC1CCCCC1.CCOCC(C)C.CCOCC12CC3CC(CC(C3)C1)C2.CCOCCC1CC2CC1C1C3CCC(C3)C21.CCOCCC1CC2CCC1C2.CCOCCC1CCCCC1.CCOCCOc1ccccc1.CCOCCc1ccccc1.COC. The summed E-state index contributed by atoms with van der Waals surface area (Å²) in [6.07, 6.45) is 52.6. The van der Waals surface area contributed by atoms with Crippen molar-refractivity contribution in [2.24, 2.45) is 112 Å². The van der Waals surface area contributed by atoms with Crippen LogP contribution >= 0.6 is 11.8 Å². The van der Waals surface area contributed by atoms with Crippen LogP contribution in [0, 0.1) is 112 Å². The van der Waals surface area contributed by atoms with E-state index in [0.29, 0.717) is 36.3 Å². The fraction of sp³-hybridized carbons (Fsp3) is 0.891. The van der Waals surface area contributed by atoms with E-state index in [2.05, 4.69) is 96.1 Å². The summed E-state index contributed by atoms with van der Waals surface area (Å²) < 4.78 is 73.2. The molecule has 17 fully saturated rings. The van der Waals surface area contributed by atoms with Gasteiger partial charge in [0, 0.05) is 139 Å². The molecule has 14 bridgehead atoms. The maximum atomic E-state index is 6.04. The molecule has 0 radical (unpaired) electrons. The van der Waals surface area contributed by atoms with Crippen molar-refractivity contribution in [1.29, 1.82) is 0 Å². The summed E-state index contributed by atoms with van der Waals surface area (Å²) in [6.45, 7) is 48.4. The highest BCUT2D eigenvalue weighted by Crippen LogP contribution is 2.69. The second kappa shape index (κ2) is 71.6. The number of hydrogen-bond donors (Lipinski definition) is 0. The highest BCUT2D eigenvalue weighted by molar-refractivity contribution is 7.99. The van der Waals surface area contributed by atoms with Gasteiger partial charge < -0.3 is 66.3 Å². The largest absolute Gasteiger partial charge is 0.491 e. The van der Waals surface area contributed by atoms with Crippen molar-refractivity contribution < 1.29 is 66.3 Å². The van der Waals surface area contributed by atoms with E-state index < -0.39 is 0 Å². The van der Waals surface area contributed by atoms with Crippen molar-refractivity contribution in [3.05, 3.63) is 66.2 Å². The highest BCUT2D eigenvalue weighted by atomic mass is 32.2. The van der Waals surface area contributed by atoms with Gasteiger partial charge in [-0.3, -0.25) is 0 Å². The Kier molecular flexibility index (Phi) is 65.1. The van der Waals surface area contributed by atoms with E-state index in [0.717, 1.165) is 239 Å². The lowest BCUT2D eigenvalue weighted by atomic mass is 9.50. The van der Waals surface area contributed by atoms with E-state index in [-0.39, 0.29) is 0 Å². The molecule has 1 aliphatic heterocycles. The third-order valence-electron chi connectivity index (χ3n) is 29.5. The van der Waals surface area contributed by atoms with Crippen molar-refractivity contribution in [2.75, 3.05) is 178 Å². The van der Waals surface area contributed by atoms with Crippen LogP contribution in [0.15, 0.2) is 60.7 Å². The van der Waals surface area contributed by atoms with Crippen molar-refractivity contribution in [1.82, 2.24) is 0 Å². The summed E-state index contributed by atoms with van der Waals surface area (Å²) >= 11 is 1.97. The van der Waals surface area contributed by atoms with Crippen LogP contribution in [0.1, 0.15) is 327 Å². The van der Waals surface area contributed by atoms with Gasteiger partial charge in [0.2, 0.25) is 0 Å². The Morgan fingerprint density at radius 3 is 1.32 bits per heavy atom. The minimum Gasteiger partial charge on any atom is -0.491 e. The van der Waals surface area contributed by atoms with Crippen LogP contribution in [0.4, 0.5) is 0 Å². The summed E-state index contributed by atoms with van der Waals surface area (Å²) in [5.41, 5.74) is 2.33. The zero-order valence-electron chi connectivity index (χ0n) is 84.3. The smallest absolute Gasteiger partial charge is 0.119 e. The third kappa shape index (κ3) is 46.7. The average molecular weight is 1780 g/mol. The van der Waals surface area contributed by atoms with E-state index in [4.69, 9.17) is 56.8 Å². The Hall–Kier alpha value is -1.93. The maximum absolute atomic E-state index is 6.04. The summed E-state index contributed by atoms with van der Waals surface area (Å²) in [4.78, 5) is 0. The van der Waals surface area contributed by atoms with Crippen LogP contribution in [0.3, 0.4) is 0 Å². The van der Waals surface area contributed by atoms with Crippen LogP contribution in [-0.4, -0.2) is 190 Å².